The van der Waals surface area contributed by atoms with Gasteiger partial charge in [0, 0.05) is 37.0 Å². The number of likely N-dealkylation sites (tertiary alicyclic amines) is 1. The van der Waals surface area contributed by atoms with Gasteiger partial charge in [0.05, 0.1) is 11.7 Å². The number of carbonyl (C=O) groups excluding carboxylic acids is 1. The fourth-order valence-electron chi connectivity index (χ4n) is 4.64. The molecule has 0 spiro atoms. The van der Waals surface area contributed by atoms with Crippen molar-refractivity contribution in [1.82, 2.24) is 19.8 Å². The average Bonchev–Trinajstić information content (AvgIpc) is 3.54. The van der Waals surface area contributed by atoms with E-state index in [2.05, 4.69) is 33.4 Å². The van der Waals surface area contributed by atoms with Gasteiger partial charge in [0.15, 0.2) is 0 Å². The van der Waals surface area contributed by atoms with Crippen molar-refractivity contribution in [2.45, 2.75) is 45.8 Å². The van der Waals surface area contributed by atoms with Crippen LogP contribution in [0.5, 0.6) is 0 Å². The molecule has 6 nitrogen and oxygen atoms in total. The molecule has 0 aliphatic carbocycles. The number of carbonyl (C=O) groups is 1. The molecule has 1 saturated heterocycles. The standard InChI is InChI=1S/C28H30N4O2S/c1-20-8-10-21(11-9-20)24-18-35-27-26(24)28(34)32(19-30-27)15-12-25(33)29-16-22-6-2-3-7-23(22)17-31-13-4-5-14-31/h2-3,6-11,18-19H,4-5,12-17H2,1H3,(H,29,33). The van der Waals surface area contributed by atoms with Crippen molar-refractivity contribution in [2.24, 2.45) is 0 Å². The molecular weight excluding hydrogens is 456 g/mol. The average molecular weight is 487 g/mol. The van der Waals surface area contributed by atoms with Gasteiger partial charge < -0.3 is 5.32 Å². The maximum Gasteiger partial charge on any atom is 0.262 e. The molecule has 1 aliphatic heterocycles. The summed E-state index contributed by atoms with van der Waals surface area (Å²) in [6, 6.07) is 16.4. The van der Waals surface area contributed by atoms with Crippen molar-refractivity contribution in [2.75, 3.05) is 13.1 Å². The summed E-state index contributed by atoms with van der Waals surface area (Å²) < 4.78 is 1.55. The van der Waals surface area contributed by atoms with Crippen molar-refractivity contribution >= 4 is 27.5 Å². The number of aryl methyl sites for hydroxylation is 2. The van der Waals surface area contributed by atoms with Crippen LogP contribution in [0.1, 0.15) is 36.0 Å². The molecule has 4 aromatic rings. The third-order valence-corrected chi connectivity index (χ3v) is 7.58. The van der Waals surface area contributed by atoms with Crippen LogP contribution in [0.4, 0.5) is 0 Å². The Bertz CT molecular complexity index is 1380. The van der Waals surface area contributed by atoms with Gasteiger partial charge in [0.2, 0.25) is 5.91 Å². The Labute approximate surface area is 209 Å². The molecule has 1 amide bonds. The van der Waals surface area contributed by atoms with E-state index in [1.807, 2.05) is 42.6 Å². The molecule has 0 atom stereocenters. The lowest BCUT2D eigenvalue weighted by Gasteiger charge is -2.17. The van der Waals surface area contributed by atoms with E-state index in [0.717, 1.165) is 41.2 Å². The number of nitrogens with one attached hydrogen (secondary N) is 1. The Morgan fingerprint density at radius 1 is 1.06 bits per heavy atom. The summed E-state index contributed by atoms with van der Waals surface area (Å²) in [5.74, 6) is -0.0722. The van der Waals surface area contributed by atoms with Crippen molar-refractivity contribution in [3.63, 3.8) is 0 Å². The minimum Gasteiger partial charge on any atom is -0.352 e. The molecule has 3 heterocycles. The molecule has 2 aromatic heterocycles. The molecule has 0 radical (unpaired) electrons. The van der Waals surface area contributed by atoms with E-state index in [4.69, 9.17) is 0 Å². The van der Waals surface area contributed by atoms with Crippen LogP contribution in [0.25, 0.3) is 21.3 Å². The van der Waals surface area contributed by atoms with Crippen molar-refractivity contribution in [1.29, 1.82) is 0 Å². The molecule has 1 fully saturated rings. The van der Waals surface area contributed by atoms with E-state index in [1.165, 1.54) is 35.3 Å². The van der Waals surface area contributed by atoms with Crippen LogP contribution in [-0.2, 0) is 24.4 Å². The van der Waals surface area contributed by atoms with Gasteiger partial charge in [-0.25, -0.2) is 4.98 Å². The number of fused-ring (bicyclic) bond motifs is 1. The molecular formula is C28H30N4O2S. The molecule has 1 aliphatic rings. The fourth-order valence-corrected chi connectivity index (χ4v) is 5.55. The first kappa shape index (κ1) is 23.5. The number of aromatic nitrogens is 2. The number of benzene rings is 2. The van der Waals surface area contributed by atoms with E-state index in [9.17, 15) is 9.59 Å². The zero-order valence-electron chi connectivity index (χ0n) is 20.0. The Hall–Kier alpha value is -3.29. The van der Waals surface area contributed by atoms with E-state index < -0.39 is 0 Å². The highest BCUT2D eigenvalue weighted by molar-refractivity contribution is 7.17. The molecule has 0 saturated carbocycles. The molecule has 2 aromatic carbocycles. The number of nitrogens with zero attached hydrogens (tertiary/aromatic N) is 3. The van der Waals surface area contributed by atoms with Crippen LogP contribution in [0.3, 0.4) is 0 Å². The van der Waals surface area contributed by atoms with Gasteiger partial charge in [-0.1, -0.05) is 54.1 Å². The van der Waals surface area contributed by atoms with Crippen LogP contribution in [0, 0.1) is 6.92 Å². The van der Waals surface area contributed by atoms with Gasteiger partial charge in [-0.05, 0) is 49.5 Å². The van der Waals surface area contributed by atoms with E-state index in [0.29, 0.717) is 18.5 Å². The van der Waals surface area contributed by atoms with Crippen molar-refractivity contribution in [3.05, 3.63) is 87.3 Å². The second-order valence-electron chi connectivity index (χ2n) is 9.22. The topological polar surface area (TPSA) is 67.2 Å². The molecule has 1 N–H and O–H groups in total. The van der Waals surface area contributed by atoms with Gasteiger partial charge in [-0.3, -0.25) is 19.1 Å². The molecule has 0 unspecified atom stereocenters. The normalized spacial score (nSPS) is 14.0. The highest BCUT2D eigenvalue weighted by Crippen LogP contribution is 2.30. The first-order valence-electron chi connectivity index (χ1n) is 12.2. The Balaban J connectivity index is 1.24. The van der Waals surface area contributed by atoms with E-state index in [1.54, 1.807) is 10.9 Å². The van der Waals surface area contributed by atoms with Gasteiger partial charge in [0.25, 0.3) is 5.56 Å². The largest absolute Gasteiger partial charge is 0.352 e. The number of thiophene rings is 1. The predicted octanol–water partition coefficient (Wildman–Crippen LogP) is 4.74. The summed E-state index contributed by atoms with van der Waals surface area (Å²) in [5.41, 5.74) is 5.39. The molecule has 0 bridgehead atoms. The lowest BCUT2D eigenvalue weighted by atomic mass is 10.1. The predicted molar refractivity (Wildman–Crippen MR) is 141 cm³/mol. The lowest BCUT2D eigenvalue weighted by molar-refractivity contribution is -0.121. The lowest BCUT2D eigenvalue weighted by Crippen LogP contribution is -2.28. The number of hydrogen-bond donors (Lipinski definition) is 1. The Morgan fingerprint density at radius 3 is 2.57 bits per heavy atom. The Kier molecular flexibility index (Phi) is 7.06. The minimum absolute atomic E-state index is 0.0722. The van der Waals surface area contributed by atoms with E-state index in [-0.39, 0.29) is 17.9 Å². The third kappa shape index (κ3) is 5.36. The maximum absolute atomic E-state index is 13.2. The third-order valence-electron chi connectivity index (χ3n) is 6.69. The van der Waals surface area contributed by atoms with Crippen molar-refractivity contribution < 1.29 is 4.79 Å². The summed E-state index contributed by atoms with van der Waals surface area (Å²) in [5, 5.41) is 5.65. The fraction of sp³-hybridized carbons (Fsp3) is 0.321. The summed E-state index contributed by atoms with van der Waals surface area (Å²) in [6.45, 7) is 6.05. The first-order chi connectivity index (χ1) is 17.1. The quantitative estimate of drug-likeness (QED) is 0.391. The van der Waals surface area contributed by atoms with Crippen LogP contribution < -0.4 is 10.9 Å². The SMILES string of the molecule is Cc1ccc(-c2csc3ncn(CCC(=O)NCc4ccccc4CN4CCCC4)c(=O)c23)cc1. The van der Waals surface area contributed by atoms with Gasteiger partial charge in [-0.2, -0.15) is 0 Å². The first-order valence-corrected chi connectivity index (χ1v) is 13.1. The summed E-state index contributed by atoms with van der Waals surface area (Å²) in [7, 11) is 0. The molecule has 7 heteroatoms. The summed E-state index contributed by atoms with van der Waals surface area (Å²) in [4.78, 5) is 33.6. The zero-order chi connectivity index (χ0) is 24.2. The summed E-state index contributed by atoms with van der Waals surface area (Å²) in [6.07, 6.45) is 4.30. The van der Waals surface area contributed by atoms with Crippen molar-refractivity contribution in [3.8, 4) is 11.1 Å². The smallest absolute Gasteiger partial charge is 0.262 e. The second-order valence-corrected chi connectivity index (χ2v) is 10.1. The zero-order valence-corrected chi connectivity index (χ0v) is 20.8. The molecule has 35 heavy (non-hydrogen) atoms. The Morgan fingerprint density at radius 2 is 1.80 bits per heavy atom. The van der Waals surface area contributed by atoms with Gasteiger partial charge in [0.1, 0.15) is 4.83 Å². The molecule has 180 valence electrons. The van der Waals surface area contributed by atoms with Crippen LogP contribution in [0.2, 0.25) is 0 Å². The van der Waals surface area contributed by atoms with Crippen LogP contribution in [-0.4, -0.2) is 33.4 Å². The maximum atomic E-state index is 13.2. The minimum atomic E-state index is -0.101. The molecule has 5 rings (SSSR count). The number of rotatable bonds is 8. The monoisotopic (exact) mass is 486 g/mol. The number of amides is 1. The van der Waals surface area contributed by atoms with Gasteiger partial charge in [-0.15, -0.1) is 11.3 Å². The second kappa shape index (κ2) is 10.5. The van der Waals surface area contributed by atoms with Crippen LogP contribution >= 0.6 is 11.3 Å². The highest BCUT2D eigenvalue weighted by atomic mass is 32.1. The highest BCUT2D eigenvalue weighted by Gasteiger charge is 2.15. The van der Waals surface area contributed by atoms with Crippen LogP contribution in [0.15, 0.2) is 65.0 Å². The van der Waals surface area contributed by atoms with Gasteiger partial charge >= 0.3 is 0 Å². The summed E-state index contributed by atoms with van der Waals surface area (Å²) >= 11 is 1.47. The number of hydrogen-bond acceptors (Lipinski definition) is 5. The van der Waals surface area contributed by atoms with E-state index >= 15 is 0 Å².